The van der Waals surface area contributed by atoms with Crippen molar-refractivity contribution in [3.8, 4) is 17.6 Å². The van der Waals surface area contributed by atoms with Gasteiger partial charge in [-0.2, -0.15) is 5.26 Å². The van der Waals surface area contributed by atoms with E-state index in [1.165, 1.54) is 19.3 Å². The number of hydrogen-bond acceptors (Lipinski definition) is 4. The summed E-state index contributed by atoms with van der Waals surface area (Å²) in [5, 5.41) is 12.5. The summed E-state index contributed by atoms with van der Waals surface area (Å²) in [4.78, 5) is 12.6. The number of nitrogens with one attached hydrogen (secondary N) is 1. The highest BCUT2D eigenvalue weighted by molar-refractivity contribution is 6.40. The lowest BCUT2D eigenvalue weighted by Gasteiger charge is -2.12. The van der Waals surface area contributed by atoms with Crippen molar-refractivity contribution >= 4 is 40.9 Å². The molecule has 162 valence electrons. The molecule has 32 heavy (non-hydrogen) atoms. The standard InChI is InChI=1S/C24H17Cl2FN2O3/c1-31-22-12-15(9-10-21(22)32-14-16-5-2-3-8-20(16)27)11-17(13-28)24(30)29-23-18(25)6-4-7-19(23)26/h2-12H,14H2,1H3,(H,29,30)/b17-11+. The molecule has 8 heteroatoms. The summed E-state index contributed by atoms with van der Waals surface area (Å²) >= 11 is 12.1. The maximum absolute atomic E-state index is 13.8. The summed E-state index contributed by atoms with van der Waals surface area (Å²) in [6.45, 7) is 0.0165. The molecule has 1 amide bonds. The Hall–Kier alpha value is -3.53. The molecule has 0 aromatic heterocycles. The average molecular weight is 471 g/mol. The zero-order valence-electron chi connectivity index (χ0n) is 16.9. The van der Waals surface area contributed by atoms with Gasteiger partial charge in [0.1, 0.15) is 24.1 Å². The summed E-state index contributed by atoms with van der Waals surface area (Å²) in [6.07, 6.45) is 1.39. The summed E-state index contributed by atoms with van der Waals surface area (Å²) < 4.78 is 24.8. The largest absolute Gasteiger partial charge is 0.493 e. The Bertz CT molecular complexity index is 1200. The Morgan fingerprint density at radius 3 is 2.47 bits per heavy atom. The van der Waals surface area contributed by atoms with Crippen molar-refractivity contribution in [2.45, 2.75) is 6.61 Å². The highest BCUT2D eigenvalue weighted by Crippen LogP contribution is 2.31. The molecule has 0 aliphatic carbocycles. The molecule has 0 fully saturated rings. The average Bonchev–Trinajstić information content (AvgIpc) is 2.79. The lowest BCUT2D eigenvalue weighted by atomic mass is 10.1. The maximum atomic E-state index is 13.8. The number of benzene rings is 3. The molecule has 0 saturated carbocycles. The highest BCUT2D eigenvalue weighted by Gasteiger charge is 2.15. The van der Waals surface area contributed by atoms with Gasteiger partial charge in [-0.05, 0) is 42.0 Å². The van der Waals surface area contributed by atoms with Crippen molar-refractivity contribution in [1.29, 1.82) is 5.26 Å². The number of hydrogen-bond donors (Lipinski definition) is 1. The number of ether oxygens (including phenoxy) is 2. The van der Waals surface area contributed by atoms with E-state index in [0.717, 1.165) is 0 Å². The third kappa shape index (κ3) is 5.58. The van der Waals surface area contributed by atoms with Crippen LogP contribution >= 0.6 is 23.2 Å². The van der Waals surface area contributed by atoms with E-state index < -0.39 is 5.91 Å². The number of nitrogens with zero attached hydrogens (tertiary/aromatic N) is 1. The highest BCUT2D eigenvalue weighted by atomic mass is 35.5. The van der Waals surface area contributed by atoms with Crippen LogP contribution in [0.2, 0.25) is 10.0 Å². The molecule has 0 unspecified atom stereocenters. The first kappa shape index (κ1) is 23.1. The molecule has 0 atom stereocenters. The van der Waals surface area contributed by atoms with E-state index in [0.29, 0.717) is 22.6 Å². The van der Waals surface area contributed by atoms with Crippen LogP contribution in [0.3, 0.4) is 0 Å². The van der Waals surface area contributed by atoms with Gasteiger partial charge in [0.15, 0.2) is 11.5 Å². The first-order valence-corrected chi connectivity index (χ1v) is 10.1. The molecule has 0 saturated heterocycles. The topological polar surface area (TPSA) is 71.3 Å². The van der Waals surface area contributed by atoms with Crippen LogP contribution in [-0.2, 0) is 11.4 Å². The second-order valence-electron chi connectivity index (χ2n) is 6.51. The molecule has 1 N–H and O–H groups in total. The summed E-state index contributed by atoms with van der Waals surface area (Å²) in [6, 6.07) is 17.8. The molecular formula is C24H17Cl2FN2O3. The Morgan fingerprint density at radius 2 is 1.81 bits per heavy atom. The predicted octanol–water partition coefficient (Wildman–Crippen LogP) is 6.27. The van der Waals surface area contributed by atoms with E-state index in [9.17, 15) is 14.4 Å². The molecule has 0 aliphatic rings. The van der Waals surface area contributed by atoms with Crippen molar-refractivity contribution in [2.24, 2.45) is 0 Å². The molecule has 0 radical (unpaired) electrons. The fraction of sp³-hybridized carbons (Fsp3) is 0.0833. The molecule has 0 aliphatic heterocycles. The molecule has 0 heterocycles. The Morgan fingerprint density at radius 1 is 1.09 bits per heavy atom. The smallest absolute Gasteiger partial charge is 0.266 e. The minimum Gasteiger partial charge on any atom is -0.493 e. The number of carbonyl (C=O) groups excluding carboxylic acids is 1. The quantitative estimate of drug-likeness (QED) is 0.326. The number of anilines is 1. The number of carbonyl (C=O) groups is 1. The normalized spacial score (nSPS) is 10.9. The minimum absolute atomic E-state index is 0.0165. The molecule has 5 nitrogen and oxygen atoms in total. The molecule has 0 spiro atoms. The van der Waals surface area contributed by atoms with Gasteiger partial charge in [0.25, 0.3) is 5.91 Å². The minimum atomic E-state index is -0.665. The van der Waals surface area contributed by atoms with Gasteiger partial charge in [-0.3, -0.25) is 4.79 Å². The third-order valence-corrected chi connectivity index (χ3v) is 5.04. The lowest BCUT2D eigenvalue weighted by Crippen LogP contribution is -2.14. The van der Waals surface area contributed by atoms with E-state index in [1.54, 1.807) is 54.6 Å². The summed E-state index contributed by atoms with van der Waals surface area (Å²) in [5.74, 6) is -0.281. The fourth-order valence-electron chi connectivity index (χ4n) is 2.78. The van der Waals surface area contributed by atoms with Gasteiger partial charge in [0, 0.05) is 5.56 Å². The second-order valence-corrected chi connectivity index (χ2v) is 7.33. The van der Waals surface area contributed by atoms with Crippen molar-refractivity contribution < 1.29 is 18.7 Å². The molecule has 0 bridgehead atoms. The second kappa shape index (κ2) is 10.7. The van der Waals surface area contributed by atoms with Gasteiger partial charge >= 0.3 is 0 Å². The van der Waals surface area contributed by atoms with Crippen molar-refractivity contribution in [1.82, 2.24) is 0 Å². The van der Waals surface area contributed by atoms with Gasteiger partial charge in [-0.15, -0.1) is 0 Å². The van der Waals surface area contributed by atoms with Crippen LogP contribution in [0.4, 0.5) is 10.1 Å². The number of methoxy groups -OCH3 is 1. The zero-order chi connectivity index (χ0) is 23.1. The van der Waals surface area contributed by atoms with Crippen LogP contribution in [0.15, 0.2) is 66.2 Å². The fourth-order valence-corrected chi connectivity index (χ4v) is 3.27. The van der Waals surface area contributed by atoms with E-state index in [2.05, 4.69) is 5.32 Å². The first-order chi connectivity index (χ1) is 15.4. The molecule has 3 aromatic carbocycles. The van der Waals surface area contributed by atoms with Crippen LogP contribution < -0.4 is 14.8 Å². The Labute approximate surface area is 194 Å². The van der Waals surface area contributed by atoms with Gasteiger partial charge in [-0.1, -0.05) is 53.5 Å². The summed E-state index contributed by atoms with van der Waals surface area (Å²) in [7, 11) is 1.45. The first-order valence-electron chi connectivity index (χ1n) is 9.34. The van der Waals surface area contributed by atoms with Crippen molar-refractivity contribution in [3.63, 3.8) is 0 Å². The van der Waals surface area contributed by atoms with Crippen LogP contribution in [0.1, 0.15) is 11.1 Å². The van der Waals surface area contributed by atoms with Crippen molar-refractivity contribution in [3.05, 3.63) is 93.2 Å². The van der Waals surface area contributed by atoms with E-state index in [1.807, 2.05) is 6.07 Å². The van der Waals surface area contributed by atoms with Crippen molar-refractivity contribution in [2.75, 3.05) is 12.4 Å². The molecular weight excluding hydrogens is 454 g/mol. The van der Waals surface area contributed by atoms with Gasteiger partial charge in [-0.25, -0.2) is 4.39 Å². The van der Waals surface area contributed by atoms with E-state index in [-0.39, 0.29) is 33.7 Å². The number of amides is 1. The zero-order valence-corrected chi connectivity index (χ0v) is 18.4. The van der Waals surface area contributed by atoms with Crippen LogP contribution in [0, 0.1) is 17.1 Å². The van der Waals surface area contributed by atoms with Gasteiger partial charge < -0.3 is 14.8 Å². The monoisotopic (exact) mass is 470 g/mol. The maximum Gasteiger partial charge on any atom is 0.266 e. The Balaban J connectivity index is 1.79. The molecule has 3 aromatic rings. The molecule has 3 rings (SSSR count). The number of rotatable bonds is 7. The van der Waals surface area contributed by atoms with E-state index >= 15 is 0 Å². The number of halogens is 3. The summed E-state index contributed by atoms with van der Waals surface area (Å²) in [5.41, 5.74) is 0.983. The number of nitriles is 1. The van der Waals surface area contributed by atoms with Crippen LogP contribution in [0.25, 0.3) is 6.08 Å². The van der Waals surface area contributed by atoms with Crippen LogP contribution in [0.5, 0.6) is 11.5 Å². The lowest BCUT2D eigenvalue weighted by molar-refractivity contribution is -0.112. The third-order valence-electron chi connectivity index (χ3n) is 4.41. The number of para-hydroxylation sites is 1. The SMILES string of the molecule is COc1cc(/C=C(\C#N)C(=O)Nc2c(Cl)cccc2Cl)ccc1OCc1ccccc1F. The Kier molecular flexibility index (Phi) is 7.72. The van der Waals surface area contributed by atoms with Crippen LogP contribution in [-0.4, -0.2) is 13.0 Å². The van der Waals surface area contributed by atoms with Gasteiger partial charge in [0.2, 0.25) is 0 Å². The predicted molar refractivity (Wildman–Crippen MR) is 122 cm³/mol. The van der Waals surface area contributed by atoms with E-state index in [4.69, 9.17) is 32.7 Å². The van der Waals surface area contributed by atoms with Gasteiger partial charge in [0.05, 0.1) is 22.8 Å².